The van der Waals surface area contributed by atoms with Crippen LogP contribution in [0.1, 0.15) is 62.3 Å². The molecule has 220 valence electrons. The van der Waals surface area contributed by atoms with E-state index in [0.717, 1.165) is 12.8 Å². The minimum Gasteiger partial charge on any atom is -0.490 e. The van der Waals surface area contributed by atoms with Gasteiger partial charge in [0.1, 0.15) is 23.1 Å². The number of pyridine rings is 1. The Balaban J connectivity index is 1.52. The number of hydrogen-bond donors (Lipinski definition) is 1. The maximum atomic E-state index is 14.0. The number of hydrogen-bond acceptors (Lipinski definition) is 6. The molecule has 0 bridgehead atoms. The molecule has 1 N–H and O–H groups in total. The van der Waals surface area contributed by atoms with Crippen LogP contribution >= 0.6 is 0 Å². The van der Waals surface area contributed by atoms with Gasteiger partial charge in [0, 0.05) is 48.9 Å². The Hall–Kier alpha value is -4.24. The van der Waals surface area contributed by atoms with Gasteiger partial charge in [-0.15, -0.1) is 0 Å². The molecule has 2 aromatic heterocycles. The van der Waals surface area contributed by atoms with E-state index in [2.05, 4.69) is 4.98 Å². The van der Waals surface area contributed by atoms with Crippen molar-refractivity contribution in [1.29, 1.82) is 0 Å². The fraction of sp³-hybridized carbons (Fsp3) is 0.364. The number of aliphatic hydroxyl groups is 1. The van der Waals surface area contributed by atoms with Crippen LogP contribution in [0.2, 0.25) is 0 Å². The second-order valence-corrected chi connectivity index (χ2v) is 11.6. The van der Waals surface area contributed by atoms with Crippen molar-refractivity contribution in [1.82, 2.24) is 14.1 Å². The Kier molecular flexibility index (Phi) is 8.06. The molecule has 0 unspecified atom stereocenters. The third-order valence-corrected chi connectivity index (χ3v) is 7.87. The Morgan fingerprint density at radius 3 is 2.31 bits per heavy atom. The van der Waals surface area contributed by atoms with E-state index in [1.54, 1.807) is 69.9 Å². The molecule has 2 heterocycles. The van der Waals surface area contributed by atoms with Crippen molar-refractivity contribution in [2.24, 2.45) is 7.05 Å². The highest BCUT2D eigenvalue weighted by atomic mass is 19.1. The lowest BCUT2D eigenvalue weighted by atomic mass is 9.92. The first-order valence-electron chi connectivity index (χ1n) is 14.1. The van der Waals surface area contributed by atoms with Gasteiger partial charge in [0.05, 0.1) is 11.7 Å². The second kappa shape index (κ2) is 11.6. The average Bonchev–Trinajstić information content (AvgIpc) is 2.93. The molecule has 0 amide bonds. The number of halogens is 1. The van der Waals surface area contributed by atoms with E-state index in [9.17, 15) is 19.1 Å². The molecule has 4 aromatic rings. The van der Waals surface area contributed by atoms with Crippen molar-refractivity contribution in [3.63, 3.8) is 0 Å². The average molecular weight is 574 g/mol. The van der Waals surface area contributed by atoms with Crippen LogP contribution in [-0.2, 0) is 12.6 Å². The van der Waals surface area contributed by atoms with E-state index in [1.165, 1.54) is 29.0 Å². The van der Waals surface area contributed by atoms with Crippen LogP contribution in [0.5, 0.6) is 17.2 Å². The van der Waals surface area contributed by atoms with E-state index in [-0.39, 0.29) is 29.2 Å². The molecule has 0 saturated heterocycles. The van der Waals surface area contributed by atoms with E-state index in [0.29, 0.717) is 57.9 Å². The van der Waals surface area contributed by atoms with E-state index >= 15 is 0 Å². The van der Waals surface area contributed by atoms with Crippen molar-refractivity contribution < 1.29 is 19.0 Å². The van der Waals surface area contributed by atoms with Crippen molar-refractivity contribution in [3.05, 3.63) is 104 Å². The SMILES string of the molecule is Cc1cc(F)cc(C)c1Oc1ccc(C(C)(C)O)cc1-c1cn(C)c(=O)cc1O[C@H]1CC[C@H](n2cccnc2=O)CC1. The number of ether oxygens (including phenoxy) is 2. The van der Waals surface area contributed by atoms with Crippen molar-refractivity contribution in [2.45, 2.75) is 71.1 Å². The molecular weight excluding hydrogens is 537 g/mol. The lowest BCUT2D eigenvalue weighted by molar-refractivity contribution is 0.0786. The summed E-state index contributed by atoms with van der Waals surface area (Å²) in [5, 5.41) is 10.8. The summed E-state index contributed by atoms with van der Waals surface area (Å²) in [7, 11) is 1.67. The lowest BCUT2D eigenvalue weighted by Gasteiger charge is -2.30. The Labute approximate surface area is 244 Å². The van der Waals surface area contributed by atoms with E-state index in [4.69, 9.17) is 9.47 Å². The predicted octanol–water partition coefficient (Wildman–Crippen LogP) is 5.95. The molecule has 1 aliphatic rings. The van der Waals surface area contributed by atoms with E-state index in [1.807, 2.05) is 6.07 Å². The minimum atomic E-state index is -1.14. The molecule has 0 aliphatic heterocycles. The number of aromatic nitrogens is 3. The van der Waals surface area contributed by atoms with Gasteiger partial charge >= 0.3 is 5.69 Å². The van der Waals surface area contributed by atoms with Gasteiger partial charge in [0.15, 0.2) is 0 Å². The van der Waals surface area contributed by atoms with E-state index < -0.39 is 5.60 Å². The highest BCUT2D eigenvalue weighted by Crippen LogP contribution is 2.42. The summed E-state index contributed by atoms with van der Waals surface area (Å²) in [6, 6.07) is 11.5. The van der Waals surface area contributed by atoms with Gasteiger partial charge in [0.2, 0.25) is 0 Å². The van der Waals surface area contributed by atoms with Crippen LogP contribution in [0.3, 0.4) is 0 Å². The predicted molar refractivity (Wildman–Crippen MR) is 159 cm³/mol. The molecule has 8 nitrogen and oxygen atoms in total. The largest absolute Gasteiger partial charge is 0.490 e. The van der Waals surface area contributed by atoms with Crippen LogP contribution < -0.4 is 20.7 Å². The fourth-order valence-electron chi connectivity index (χ4n) is 5.56. The molecule has 42 heavy (non-hydrogen) atoms. The fourth-order valence-corrected chi connectivity index (χ4v) is 5.56. The number of rotatable bonds is 7. The Bertz CT molecular complexity index is 1710. The topological polar surface area (TPSA) is 95.6 Å². The lowest BCUT2D eigenvalue weighted by Crippen LogP contribution is -2.32. The van der Waals surface area contributed by atoms with Crippen LogP contribution in [0.4, 0.5) is 4.39 Å². The highest BCUT2D eigenvalue weighted by molar-refractivity contribution is 5.76. The molecule has 9 heteroatoms. The number of aryl methyl sites for hydroxylation is 3. The molecule has 2 aromatic carbocycles. The number of nitrogens with zero attached hydrogens (tertiary/aromatic N) is 3. The van der Waals surface area contributed by atoms with Gasteiger partial charge < -0.3 is 19.1 Å². The monoisotopic (exact) mass is 573 g/mol. The smallest absolute Gasteiger partial charge is 0.347 e. The van der Waals surface area contributed by atoms with Gasteiger partial charge in [0.25, 0.3) is 5.56 Å². The maximum Gasteiger partial charge on any atom is 0.347 e. The summed E-state index contributed by atoms with van der Waals surface area (Å²) in [5.74, 6) is 1.08. The zero-order valence-electron chi connectivity index (χ0n) is 24.6. The van der Waals surface area contributed by atoms with Crippen LogP contribution in [-0.4, -0.2) is 25.3 Å². The van der Waals surface area contributed by atoms with Gasteiger partial charge in [-0.25, -0.2) is 14.2 Å². The summed E-state index contributed by atoms with van der Waals surface area (Å²) in [4.78, 5) is 28.9. The summed E-state index contributed by atoms with van der Waals surface area (Å²) in [5.41, 5.74) is 1.56. The van der Waals surface area contributed by atoms with Gasteiger partial charge in [-0.1, -0.05) is 6.07 Å². The Morgan fingerprint density at radius 1 is 0.976 bits per heavy atom. The van der Waals surface area contributed by atoms with Gasteiger partial charge in [-0.3, -0.25) is 9.36 Å². The first kappa shape index (κ1) is 29.3. The zero-order chi connectivity index (χ0) is 30.2. The Morgan fingerprint density at radius 2 is 1.67 bits per heavy atom. The third kappa shape index (κ3) is 6.16. The van der Waals surface area contributed by atoms with Gasteiger partial charge in [-0.2, -0.15) is 0 Å². The van der Waals surface area contributed by atoms with Crippen molar-refractivity contribution in [3.8, 4) is 28.4 Å². The van der Waals surface area contributed by atoms with Crippen molar-refractivity contribution >= 4 is 0 Å². The van der Waals surface area contributed by atoms with Gasteiger partial charge in [-0.05, 0) is 100 Å². The first-order chi connectivity index (χ1) is 19.9. The quantitative estimate of drug-likeness (QED) is 0.294. The maximum absolute atomic E-state index is 14.0. The second-order valence-electron chi connectivity index (χ2n) is 11.6. The first-order valence-corrected chi connectivity index (χ1v) is 14.1. The molecule has 0 spiro atoms. The molecule has 0 radical (unpaired) electrons. The number of benzene rings is 2. The molecular formula is C33H36FN3O5. The molecule has 1 saturated carbocycles. The zero-order valence-corrected chi connectivity index (χ0v) is 24.6. The summed E-state index contributed by atoms with van der Waals surface area (Å²) >= 11 is 0. The minimum absolute atomic E-state index is 0.0415. The molecule has 5 rings (SSSR count). The summed E-state index contributed by atoms with van der Waals surface area (Å²) in [6.45, 7) is 6.97. The summed E-state index contributed by atoms with van der Waals surface area (Å²) < 4.78 is 30.1. The van der Waals surface area contributed by atoms with Crippen LogP contribution in [0.25, 0.3) is 11.1 Å². The van der Waals surface area contributed by atoms with Crippen molar-refractivity contribution in [2.75, 3.05) is 0 Å². The third-order valence-electron chi connectivity index (χ3n) is 7.87. The molecule has 1 aliphatic carbocycles. The molecule has 1 fully saturated rings. The standard InChI is InChI=1S/C33H36FN3O5/c1-20-15-23(34)16-21(2)31(20)42-28-12-7-22(33(3,4)40)17-26(28)27-19-36(5)30(38)18-29(27)41-25-10-8-24(9-11-25)37-14-6-13-35-32(37)39/h6-7,12-19,24-25,40H,8-11H2,1-5H3/t24-,25-. The highest BCUT2D eigenvalue weighted by Gasteiger charge is 2.27. The van der Waals surface area contributed by atoms with Crippen LogP contribution in [0.15, 0.2) is 70.6 Å². The normalized spacial score (nSPS) is 17.2. The summed E-state index contributed by atoms with van der Waals surface area (Å²) in [6.07, 6.45) is 7.67. The molecule has 0 atom stereocenters. The van der Waals surface area contributed by atoms with Crippen LogP contribution in [0, 0.1) is 19.7 Å².